The number of hydrazone groups is 1. The molecule has 2 amide bonds. The van der Waals surface area contributed by atoms with Crippen LogP contribution in [0.1, 0.15) is 33.9 Å². The van der Waals surface area contributed by atoms with Crippen molar-refractivity contribution in [2.24, 2.45) is 5.10 Å². The van der Waals surface area contributed by atoms with Crippen LogP contribution < -0.4 is 20.2 Å². The van der Waals surface area contributed by atoms with Gasteiger partial charge in [-0.15, -0.1) is 0 Å². The maximum absolute atomic E-state index is 12.7. The van der Waals surface area contributed by atoms with Crippen molar-refractivity contribution in [3.63, 3.8) is 0 Å². The zero-order valence-corrected chi connectivity index (χ0v) is 19.8. The Hall–Kier alpha value is -3.65. The van der Waals surface area contributed by atoms with E-state index in [1.165, 1.54) is 6.21 Å². The molecule has 0 fully saturated rings. The van der Waals surface area contributed by atoms with Crippen LogP contribution in [0.5, 0.6) is 11.5 Å². The average molecular weight is 510 g/mol. The van der Waals surface area contributed by atoms with E-state index in [1.807, 2.05) is 36.4 Å². The van der Waals surface area contributed by atoms with Crippen LogP contribution in [0.3, 0.4) is 0 Å². The van der Waals surface area contributed by atoms with Crippen molar-refractivity contribution in [1.82, 2.24) is 10.7 Å². The molecular weight excluding hydrogens is 486 g/mol. The summed E-state index contributed by atoms with van der Waals surface area (Å²) in [5.74, 6) is 0.562. The van der Waals surface area contributed by atoms with E-state index in [0.29, 0.717) is 22.6 Å². The van der Waals surface area contributed by atoms with E-state index in [4.69, 9.17) is 9.47 Å². The van der Waals surface area contributed by atoms with E-state index in [0.717, 1.165) is 10.0 Å². The van der Waals surface area contributed by atoms with E-state index < -0.39 is 6.04 Å². The monoisotopic (exact) mass is 509 g/mol. The summed E-state index contributed by atoms with van der Waals surface area (Å²) in [4.78, 5) is 25.3. The lowest BCUT2D eigenvalue weighted by Gasteiger charge is -2.18. The van der Waals surface area contributed by atoms with Gasteiger partial charge in [0.2, 0.25) is 5.91 Å². The molecule has 0 aliphatic heterocycles. The highest BCUT2D eigenvalue weighted by atomic mass is 79.9. The number of carbonyl (C=O) groups is 2. The smallest absolute Gasteiger partial charge is 0.251 e. The van der Waals surface area contributed by atoms with Gasteiger partial charge in [-0.1, -0.05) is 48.5 Å². The molecule has 1 atom stereocenters. The molecule has 0 saturated heterocycles. The summed E-state index contributed by atoms with van der Waals surface area (Å²) in [6.07, 6.45) is 1.50. The summed E-state index contributed by atoms with van der Waals surface area (Å²) in [7, 11) is 3.10. The second-order valence-corrected chi connectivity index (χ2v) is 7.88. The lowest BCUT2D eigenvalue weighted by Crippen LogP contribution is -2.32. The molecule has 8 heteroatoms. The van der Waals surface area contributed by atoms with Crippen molar-refractivity contribution in [3.05, 3.63) is 94.0 Å². The zero-order chi connectivity index (χ0) is 23.6. The molecule has 0 spiro atoms. The first-order valence-corrected chi connectivity index (χ1v) is 11.0. The Bertz CT molecular complexity index is 1120. The number of rotatable bonds is 9. The van der Waals surface area contributed by atoms with Gasteiger partial charge < -0.3 is 14.8 Å². The van der Waals surface area contributed by atoms with Crippen molar-refractivity contribution in [2.45, 2.75) is 12.5 Å². The second-order valence-electron chi connectivity index (χ2n) is 7.03. The van der Waals surface area contributed by atoms with Gasteiger partial charge in [0.05, 0.1) is 37.4 Å². The number of benzene rings is 3. The van der Waals surface area contributed by atoms with Gasteiger partial charge in [0.25, 0.3) is 5.91 Å². The van der Waals surface area contributed by atoms with Crippen LogP contribution in [-0.4, -0.2) is 32.2 Å². The number of amides is 2. The number of nitrogens with zero attached hydrogens (tertiary/aromatic N) is 1. The minimum Gasteiger partial charge on any atom is -0.496 e. The summed E-state index contributed by atoms with van der Waals surface area (Å²) >= 11 is 3.42. The minimum atomic E-state index is -0.515. The van der Waals surface area contributed by atoms with Crippen LogP contribution in [0.2, 0.25) is 0 Å². The van der Waals surface area contributed by atoms with Gasteiger partial charge in [-0.2, -0.15) is 5.10 Å². The summed E-state index contributed by atoms with van der Waals surface area (Å²) in [5.41, 5.74) is 4.52. The van der Waals surface area contributed by atoms with Crippen LogP contribution in [0, 0.1) is 0 Å². The maximum Gasteiger partial charge on any atom is 0.251 e. The Kier molecular flexibility index (Phi) is 8.60. The summed E-state index contributed by atoms with van der Waals surface area (Å²) in [5, 5.41) is 6.99. The zero-order valence-electron chi connectivity index (χ0n) is 18.2. The number of hydrogen-bond donors (Lipinski definition) is 2. The fourth-order valence-electron chi connectivity index (χ4n) is 3.16. The highest BCUT2D eigenvalue weighted by Crippen LogP contribution is 2.31. The van der Waals surface area contributed by atoms with Gasteiger partial charge in [0.15, 0.2) is 0 Å². The number of methoxy groups -OCH3 is 2. The van der Waals surface area contributed by atoms with Crippen molar-refractivity contribution in [1.29, 1.82) is 0 Å². The molecule has 2 N–H and O–H groups in total. The standard InChI is InChI=1S/C25H24BrN3O4/c1-32-22-15-23(33-2)20(26)13-19(22)16-27-29-24(30)14-21(17-9-5-3-6-10-17)28-25(31)18-11-7-4-8-12-18/h3-13,15-16,21H,14H2,1-2H3,(H,28,31)(H,29,30)/b27-16-/t21-/m0/s1. The third kappa shape index (κ3) is 6.66. The van der Waals surface area contributed by atoms with E-state index >= 15 is 0 Å². The first-order chi connectivity index (χ1) is 16.0. The molecule has 3 aromatic rings. The fraction of sp³-hybridized carbons (Fsp3) is 0.160. The van der Waals surface area contributed by atoms with Gasteiger partial charge in [-0.05, 0) is 39.7 Å². The molecule has 0 aromatic heterocycles. The molecule has 0 bridgehead atoms. The predicted octanol–water partition coefficient (Wildman–Crippen LogP) is 4.48. The normalized spacial score (nSPS) is 11.6. The average Bonchev–Trinajstić information content (AvgIpc) is 2.85. The topological polar surface area (TPSA) is 89.0 Å². The van der Waals surface area contributed by atoms with Crippen LogP contribution in [0.4, 0.5) is 0 Å². The molecule has 0 saturated carbocycles. The largest absolute Gasteiger partial charge is 0.496 e. The predicted molar refractivity (Wildman–Crippen MR) is 131 cm³/mol. The van der Waals surface area contributed by atoms with Crippen LogP contribution in [-0.2, 0) is 4.79 Å². The number of nitrogens with one attached hydrogen (secondary N) is 2. The molecule has 3 aromatic carbocycles. The molecule has 0 radical (unpaired) electrons. The lowest BCUT2D eigenvalue weighted by molar-refractivity contribution is -0.121. The third-order valence-electron chi connectivity index (χ3n) is 4.83. The van der Waals surface area contributed by atoms with Crippen LogP contribution >= 0.6 is 15.9 Å². The third-order valence-corrected chi connectivity index (χ3v) is 5.45. The van der Waals surface area contributed by atoms with Gasteiger partial charge >= 0.3 is 0 Å². The summed E-state index contributed by atoms with van der Waals surface area (Å²) in [6.45, 7) is 0. The summed E-state index contributed by atoms with van der Waals surface area (Å²) in [6, 6.07) is 21.2. The Balaban J connectivity index is 1.70. The lowest BCUT2D eigenvalue weighted by atomic mass is 10.0. The minimum absolute atomic E-state index is 0.0172. The molecule has 3 rings (SSSR count). The first-order valence-electron chi connectivity index (χ1n) is 10.2. The first kappa shape index (κ1) is 24.0. The molecule has 170 valence electrons. The number of hydrogen-bond acceptors (Lipinski definition) is 5. The van der Waals surface area contributed by atoms with Crippen LogP contribution in [0.25, 0.3) is 0 Å². The SMILES string of the molecule is COc1cc(OC)c(/C=N\NC(=O)C[C@H](NC(=O)c2ccccc2)c2ccccc2)cc1Br. The molecular formula is C25H24BrN3O4. The van der Waals surface area contributed by atoms with Gasteiger partial charge in [0.1, 0.15) is 11.5 Å². The molecule has 33 heavy (non-hydrogen) atoms. The molecule has 7 nitrogen and oxygen atoms in total. The van der Waals surface area contributed by atoms with Gasteiger partial charge in [-0.25, -0.2) is 5.43 Å². The Morgan fingerprint density at radius 3 is 2.24 bits per heavy atom. The number of ether oxygens (including phenoxy) is 2. The molecule has 0 aliphatic rings. The summed E-state index contributed by atoms with van der Waals surface area (Å²) < 4.78 is 11.3. The number of halogens is 1. The Morgan fingerprint density at radius 1 is 0.970 bits per heavy atom. The number of carbonyl (C=O) groups excluding carboxylic acids is 2. The Labute approximate surface area is 200 Å². The highest BCUT2D eigenvalue weighted by molar-refractivity contribution is 9.10. The van der Waals surface area contributed by atoms with Crippen molar-refractivity contribution in [3.8, 4) is 11.5 Å². The molecule has 0 unspecified atom stereocenters. The second kappa shape index (κ2) is 11.8. The van der Waals surface area contributed by atoms with E-state index in [2.05, 4.69) is 31.8 Å². The fourth-order valence-corrected chi connectivity index (χ4v) is 3.68. The van der Waals surface area contributed by atoms with E-state index in [9.17, 15) is 9.59 Å². The van der Waals surface area contributed by atoms with Crippen LogP contribution in [0.15, 0.2) is 82.4 Å². The van der Waals surface area contributed by atoms with E-state index in [-0.39, 0.29) is 18.2 Å². The highest BCUT2D eigenvalue weighted by Gasteiger charge is 2.19. The van der Waals surface area contributed by atoms with Crippen molar-refractivity contribution in [2.75, 3.05) is 14.2 Å². The quantitative estimate of drug-likeness (QED) is 0.328. The molecule has 0 aliphatic carbocycles. The van der Waals surface area contributed by atoms with Crippen molar-refractivity contribution >= 4 is 34.0 Å². The Morgan fingerprint density at radius 2 is 1.61 bits per heavy atom. The molecule has 0 heterocycles. The maximum atomic E-state index is 12.7. The van der Waals surface area contributed by atoms with Crippen molar-refractivity contribution < 1.29 is 19.1 Å². The van der Waals surface area contributed by atoms with E-state index in [1.54, 1.807) is 50.6 Å². The van der Waals surface area contributed by atoms with Gasteiger partial charge in [-0.3, -0.25) is 9.59 Å². The van der Waals surface area contributed by atoms with Gasteiger partial charge in [0, 0.05) is 17.2 Å².